The molecule has 1 heterocycles. The second-order valence-electron chi connectivity index (χ2n) is 5.57. The Kier molecular flexibility index (Phi) is 3.70. The molecule has 1 aromatic rings. The summed E-state index contributed by atoms with van der Waals surface area (Å²) in [6, 6.07) is 9.74. The van der Waals surface area contributed by atoms with Crippen molar-refractivity contribution < 1.29 is 9.59 Å². The minimum Gasteiger partial charge on any atom is -0.347 e. The summed E-state index contributed by atoms with van der Waals surface area (Å²) in [5, 5.41) is 5.70. The number of carbonyl (C=O) groups is 2. The maximum absolute atomic E-state index is 12.3. The summed E-state index contributed by atoms with van der Waals surface area (Å²) in [5.41, 5.74) is 1.15. The molecule has 0 spiro atoms. The molecule has 1 aromatic carbocycles. The molecule has 1 aliphatic carbocycles. The van der Waals surface area contributed by atoms with E-state index in [1.54, 1.807) is 0 Å². The van der Waals surface area contributed by atoms with E-state index in [0.29, 0.717) is 17.6 Å². The van der Waals surface area contributed by atoms with Gasteiger partial charge in [-0.1, -0.05) is 49.0 Å². The largest absolute Gasteiger partial charge is 0.347 e. The maximum atomic E-state index is 12.3. The van der Waals surface area contributed by atoms with Gasteiger partial charge in [-0.05, 0) is 23.8 Å². The van der Waals surface area contributed by atoms with E-state index in [2.05, 4.69) is 29.7 Å². The first-order chi connectivity index (χ1) is 9.65. The predicted octanol–water partition coefficient (Wildman–Crippen LogP) is 2.32. The molecule has 0 aromatic heterocycles. The third kappa shape index (κ3) is 2.82. The fourth-order valence-corrected chi connectivity index (χ4v) is 3.47. The summed E-state index contributed by atoms with van der Waals surface area (Å²) in [5.74, 6) is 1.60. The summed E-state index contributed by atoms with van der Waals surface area (Å²) in [6.07, 6.45) is 1.14. The highest BCUT2D eigenvalue weighted by Crippen LogP contribution is 2.46. The van der Waals surface area contributed by atoms with Crippen LogP contribution in [0.4, 0.5) is 4.79 Å². The van der Waals surface area contributed by atoms with Gasteiger partial charge in [-0.15, -0.1) is 0 Å². The molecule has 1 saturated carbocycles. The maximum Gasteiger partial charge on any atom is 0.279 e. The molecule has 2 fully saturated rings. The van der Waals surface area contributed by atoms with Crippen molar-refractivity contribution in [2.45, 2.75) is 25.4 Å². The molecule has 2 amide bonds. The zero-order valence-electron chi connectivity index (χ0n) is 11.3. The van der Waals surface area contributed by atoms with E-state index in [1.165, 1.54) is 11.8 Å². The first kappa shape index (κ1) is 13.5. The van der Waals surface area contributed by atoms with E-state index < -0.39 is 6.04 Å². The van der Waals surface area contributed by atoms with Gasteiger partial charge in [-0.2, -0.15) is 0 Å². The number of amides is 2. The standard InChI is InChI=1S/C15H18N2O2S/c1-9-7-11(9)13(10-5-3-2-4-6-10)17-14(18)12-8-20-15(19)16-12/h2-6,9,11-13H,7-8H2,1H3,(H,16,19)(H,17,18)/t9-,11+,12+,13+/m1/s1. The van der Waals surface area contributed by atoms with E-state index in [9.17, 15) is 9.59 Å². The first-order valence-corrected chi connectivity index (χ1v) is 7.92. The Morgan fingerprint density at radius 3 is 2.65 bits per heavy atom. The summed E-state index contributed by atoms with van der Waals surface area (Å²) in [6.45, 7) is 2.21. The van der Waals surface area contributed by atoms with Crippen LogP contribution in [0.3, 0.4) is 0 Å². The molecule has 4 atom stereocenters. The van der Waals surface area contributed by atoms with Gasteiger partial charge in [0, 0.05) is 5.75 Å². The van der Waals surface area contributed by atoms with Gasteiger partial charge in [0.2, 0.25) is 5.91 Å². The van der Waals surface area contributed by atoms with Crippen molar-refractivity contribution in [3.8, 4) is 0 Å². The second-order valence-corrected chi connectivity index (χ2v) is 6.56. The molecule has 106 valence electrons. The van der Waals surface area contributed by atoms with Crippen LogP contribution in [0.15, 0.2) is 30.3 Å². The van der Waals surface area contributed by atoms with Crippen molar-refractivity contribution >= 4 is 22.9 Å². The Bertz CT molecular complexity index is 520. The number of nitrogens with one attached hydrogen (secondary N) is 2. The third-order valence-electron chi connectivity index (χ3n) is 4.05. The van der Waals surface area contributed by atoms with Crippen LogP contribution in [0.25, 0.3) is 0 Å². The molecular formula is C15H18N2O2S. The lowest BCUT2D eigenvalue weighted by Gasteiger charge is -2.21. The van der Waals surface area contributed by atoms with Crippen molar-refractivity contribution in [2.75, 3.05) is 5.75 Å². The second kappa shape index (κ2) is 5.48. The SMILES string of the molecule is C[C@@H]1C[C@@H]1[C@@H](NC(=O)[C@@H]1CSC(=O)N1)c1ccccc1. The van der Waals surface area contributed by atoms with Crippen LogP contribution >= 0.6 is 11.8 Å². The topological polar surface area (TPSA) is 58.2 Å². The van der Waals surface area contributed by atoms with E-state index in [1.807, 2.05) is 18.2 Å². The molecule has 2 aliphatic rings. The Morgan fingerprint density at radius 2 is 2.10 bits per heavy atom. The Balaban J connectivity index is 1.71. The molecule has 20 heavy (non-hydrogen) atoms. The quantitative estimate of drug-likeness (QED) is 0.894. The van der Waals surface area contributed by atoms with Gasteiger partial charge >= 0.3 is 0 Å². The van der Waals surface area contributed by atoms with E-state index in [0.717, 1.165) is 12.0 Å². The minimum absolute atomic E-state index is 0.0567. The van der Waals surface area contributed by atoms with E-state index >= 15 is 0 Å². The lowest BCUT2D eigenvalue weighted by Crippen LogP contribution is -2.44. The summed E-state index contributed by atoms with van der Waals surface area (Å²) >= 11 is 1.17. The fourth-order valence-electron chi connectivity index (χ4n) is 2.69. The molecule has 4 nitrogen and oxygen atoms in total. The number of thioether (sulfide) groups is 1. The van der Waals surface area contributed by atoms with Gasteiger partial charge in [0.15, 0.2) is 0 Å². The minimum atomic E-state index is -0.396. The fraction of sp³-hybridized carbons (Fsp3) is 0.467. The van der Waals surface area contributed by atoms with Crippen LogP contribution in [0.1, 0.15) is 24.9 Å². The highest BCUT2D eigenvalue weighted by molar-refractivity contribution is 8.14. The van der Waals surface area contributed by atoms with Gasteiger partial charge in [0.25, 0.3) is 5.24 Å². The predicted molar refractivity (Wildman–Crippen MR) is 79.4 cm³/mol. The molecule has 0 radical (unpaired) electrons. The third-order valence-corrected chi connectivity index (χ3v) is 4.93. The van der Waals surface area contributed by atoms with E-state index in [-0.39, 0.29) is 17.2 Å². The van der Waals surface area contributed by atoms with Gasteiger partial charge in [0.05, 0.1) is 6.04 Å². The molecule has 1 saturated heterocycles. The highest BCUT2D eigenvalue weighted by atomic mass is 32.2. The van der Waals surface area contributed by atoms with E-state index in [4.69, 9.17) is 0 Å². The molecule has 3 rings (SSSR count). The lowest BCUT2D eigenvalue weighted by atomic mass is 10.0. The summed E-state index contributed by atoms with van der Waals surface area (Å²) < 4.78 is 0. The van der Waals surface area contributed by atoms with Crippen molar-refractivity contribution in [3.63, 3.8) is 0 Å². The molecule has 1 aliphatic heterocycles. The smallest absolute Gasteiger partial charge is 0.279 e. The Labute approximate surface area is 122 Å². The van der Waals surface area contributed by atoms with Crippen LogP contribution in [-0.4, -0.2) is 22.9 Å². The molecule has 2 N–H and O–H groups in total. The molecule has 0 unspecified atom stereocenters. The van der Waals surface area contributed by atoms with Crippen LogP contribution in [0.5, 0.6) is 0 Å². The van der Waals surface area contributed by atoms with Gasteiger partial charge in [-0.3, -0.25) is 9.59 Å². The first-order valence-electron chi connectivity index (χ1n) is 6.94. The summed E-state index contributed by atoms with van der Waals surface area (Å²) in [4.78, 5) is 23.5. The lowest BCUT2D eigenvalue weighted by molar-refractivity contribution is -0.123. The number of carbonyl (C=O) groups excluding carboxylic acids is 2. The van der Waals surface area contributed by atoms with Crippen molar-refractivity contribution in [2.24, 2.45) is 11.8 Å². The van der Waals surface area contributed by atoms with Gasteiger partial charge in [0.1, 0.15) is 6.04 Å². The highest BCUT2D eigenvalue weighted by Gasteiger charge is 2.42. The number of hydrogen-bond donors (Lipinski definition) is 2. The van der Waals surface area contributed by atoms with Gasteiger partial charge in [-0.25, -0.2) is 0 Å². The molecular weight excluding hydrogens is 272 g/mol. The zero-order valence-corrected chi connectivity index (χ0v) is 12.2. The van der Waals surface area contributed by atoms with Crippen LogP contribution < -0.4 is 10.6 Å². The Morgan fingerprint density at radius 1 is 1.40 bits per heavy atom. The average molecular weight is 290 g/mol. The van der Waals surface area contributed by atoms with Crippen LogP contribution in [0.2, 0.25) is 0 Å². The zero-order chi connectivity index (χ0) is 14.1. The van der Waals surface area contributed by atoms with Crippen molar-refractivity contribution in [3.05, 3.63) is 35.9 Å². The van der Waals surface area contributed by atoms with Crippen LogP contribution in [0, 0.1) is 11.8 Å². The van der Waals surface area contributed by atoms with Crippen molar-refractivity contribution in [1.82, 2.24) is 10.6 Å². The molecule has 0 bridgehead atoms. The molecule has 5 heteroatoms. The number of rotatable bonds is 4. The van der Waals surface area contributed by atoms with Crippen LogP contribution in [-0.2, 0) is 4.79 Å². The summed E-state index contributed by atoms with van der Waals surface area (Å²) in [7, 11) is 0. The van der Waals surface area contributed by atoms with Crippen molar-refractivity contribution in [1.29, 1.82) is 0 Å². The number of hydrogen-bond acceptors (Lipinski definition) is 3. The average Bonchev–Trinajstić information content (AvgIpc) is 3.00. The number of benzene rings is 1. The Hall–Kier alpha value is -1.49. The normalized spacial score (nSPS) is 29.6. The monoisotopic (exact) mass is 290 g/mol. The van der Waals surface area contributed by atoms with Gasteiger partial charge < -0.3 is 10.6 Å².